The normalized spacial score (nSPS) is 11.5. The predicted molar refractivity (Wildman–Crippen MR) is 121 cm³/mol. The smallest absolute Gasteiger partial charge is 0.344 e. The van der Waals surface area contributed by atoms with Gasteiger partial charge in [-0.25, -0.2) is 4.79 Å². The molecule has 3 rings (SSSR count). The van der Waals surface area contributed by atoms with E-state index in [1.165, 1.54) is 11.8 Å². The van der Waals surface area contributed by atoms with E-state index in [2.05, 4.69) is 56.1 Å². The molecule has 0 bridgehead atoms. The molecule has 2 aromatic carbocycles. The highest BCUT2D eigenvalue weighted by molar-refractivity contribution is 6.00. The summed E-state index contributed by atoms with van der Waals surface area (Å²) >= 11 is 0. The number of hydrogen-bond donors (Lipinski definition) is 1. The monoisotopic (exact) mass is 418 g/mol. The highest BCUT2D eigenvalue weighted by Gasteiger charge is 2.13. The number of aromatic nitrogens is 1. The summed E-state index contributed by atoms with van der Waals surface area (Å²) in [6.45, 7) is 6.92. The van der Waals surface area contributed by atoms with Crippen LogP contribution in [0.25, 0.3) is 10.9 Å². The first-order valence-corrected chi connectivity index (χ1v) is 9.93. The first kappa shape index (κ1) is 22.0. The third-order valence-corrected chi connectivity index (χ3v) is 4.82. The number of oxime groups is 1. The number of ether oxygens (including phenoxy) is 1. The molecule has 0 saturated carbocycles. The van der Waals surface area contributed by atoms with E-state index >= 15 is 0 Å². The van der Waals surface area contributed by atoms with Gasteiger partial charge in [0.15, 0.2) is 0 Å². The second-order valence-electron chi connectivity index (χ2n) is 8.23. The molecule has 0 fully saturated rings. The Morgan fingerprint density at radius 1 is 1.23 bits per heavy atom. The summed E-state index contributed by atoms with van der Waals surface area (Å²) < 4.78 is 7.92. The summed E-state index contributed by atoms with van der Waals surface area (Å²) in [7, 11) is 0. The molecule has 6 nitrogen and oxygen atoms in total. The fourth-order valence-corrected chi connectivity index (χ4v) is 3.18. The third-order valence-electron chi connectivity index (χ3n) is 4.82. The van der Waals surface area contributed by atoms with E-state index in [0.29, 0.717) is 18.9 Å². The Labute approximate surface area is 182 Å². The molecule has 0 aliphatic rings. The predicted octanol–water partition coefficient (Wildman–Crippen LogP) is 4.59. The molecule has 31 heavy (non-hydrogen) atoms. The van der Waals surface area contributed by atoms with Crippen molar-refractivity contribution in [1.29, 1.82) is 0 Å². The molecule has 0 aliphatic carbocycles. The van der Waals surface area contributed by atoms with Crippen LogP contribution in [0.5, 0.6) is 5.75 Å². The molecule has 6 heteroatoms. The lowest BCUT2D eigenvalue weighted by atomic mass is 9.87. The van der Waals surface area contributed by atoms with Crippen molar-refractivity contribution in [2.75, 3.05) is 6.61 Å². The van der Waals surface area contributed by atoms with Crippen LogP contribution in [0.3, 0.4) is 0 Å². The van der Waals surface area contributed by atoms with Crippen LogP contribution in [-0.4, -0.2) is 28.5 Å². The largest absolute Gasteiger partial charge is 0.489 e. The Bertz CT molecular complexity index is 1130. The van der Waals surface area contributed by atoms with Crippen molar-refractivity contribution >= 4 is 23.1 Å². The second-order valence-corrected chi connectivity index (χ2v) is 8.23. The van der Waals surface area contributed by atoms with Crippen molar-refractivity contribution in [2.24, 2.45) is 5.16 Å². The molecule has 0 amide bonds. The number of rotatable bonds is 8. The number of carbonyl (C=O) groups is 1. The highest BCUT2D eigenvalue weighted by atomic mass is 16.6. The van der Waals surface area contributed by atoms with Gasteiger partial charge >= 0.3 is 5.97 Å². The first-order valence-electron chi connectivity index (χ1n) is 9.93. The first-order chi connectivity index (χ1) is 14.8. The van der Waals surface area contributed by atoms with Gasteiger partial charge in [0.25, 0.3) is 0 Å². The summed E-state index contributed by atoms with van der Waals surface area (Å²) in [5.74, 6) is 2.26. The maximum Gasteiger partial charge on any atom is 0.344 e. The van der Waals surface area contributed by atoms with E-state index in [0.717, 1.165) is 22.0 Å². The molecular formula is C25H26N2O4. The van der Waals surface area contributed by atoms with Crippen molar-refractivity contribution in [2.45, 2.75) is 39.3 Å². The van der Waals surface area contributed by atoms with Crippen molar-refractivity contribution < 1.29 is 19.5 Å². The number of fused-ring (bicyclic) bond motifs is 1. The van der Waals surface area contributed by atoms with Crippen LogP contribution < -0.4 is 4.74 Å². The van der Waals surface area contributed by atoms with Gasteiger partial charge in [-0.2, -0.15) is 0 Å². The summed E-state index contributed by atoms with van der Waals surface area (Å²) in [4.78, 5) is 15.3. The van der Waals surface area contributed by atoms with Gasteiger partial charge in [-0.3, -0.25) is 0 Å². The zero-order chi connectivity index (χ0) is 22.4. The van der Waals surface area contributed by atoms with Crippen molar-refractivity contribution in [3.05, 3.63) is 65.4 Å². The Morgan fingerprint density at radius 3 is 2.61 bits per heavy atom. The van der Waals surface area contributed by atoms with Gasteiger partial charge in [-0.1, -0.05) is 56.1 Å². The van der Waals surface area contributed by atoms with Crippen LogP contribution in [0.4, 0.5) is 0 Å². The molecule has 0 aliphatic heterocycles. The molecule has 0 saturated heterocycles. The van der Waals surface area contributed by atoms with Gasteiger partial charge in [0, 0.05) is 22.7 Å². The Hall–Kier alpha value is -3.72. The van der Waals surface area contributed by atoms with Gasteiger partial charge in [0.2, 0.25) is 6.61 Å². The Balaban J connectivity index is 1.79. The van der Waals surface area contributed by atoms with E-state index in [1.54, 1.807) is 0 Å². The van der Waals surface area contributed by atoms with E-state index in [1.807, 2.05) is 29.0 Å². The average Bonchev–Trinajstić information content (AvgIpc) is 3.06. The average molecular weight is 418 g/mol. The lowest BCUT2D eigenvalue weighted by molar-refractivity contribution is -0.142. The number of carboxylic acid groups (broad SMARTS) is 1. The van der Waals surface area contributed by atoms with E-state index in [9.17, 15) is 4.79 Å². The van der Waals surface area contributed by atoms with Crippen molar-refractivity contribution in [3.8, 4) is 18.1 Å². The lowest BCUT2D eigenvalue weighted by Crippen LogP contribution is -2.10. The molecule has 0 spiro atoms. The minimum absolute atomic E-state index is 0.113. The Morgan fingerprint density at radius 2 is 1.97 bits per heavy atom. The maximum absolute atomic E-state index is 10.6. The second kappa shape index (κ2) is 9.40. The standard InChI is InChI=1S/C25H26N2O4/c1-5-12-27-15-19(14-26-31-17-24(28)29)22-13-21(10-11-23(22)27)30-16-18-6-8-20(9-7-18)25(2,3)4/h1,6-11,13-15H,12,16-17H2,2-4H3,(H,28,29)/b26-14+. The Kier molecular flexibility index (Phi) is 6.66. The molecule has 1 heterocycles. The maximum atomic E-state index is 10.6. The summed E-state index contributed by atoms with van der Waals surface area (Å²) in [5, 5.41) is 13.3. The van der Waals surface area contributed by atoms with Crippen LogP contribution in [0, 0.1) is 12.3 Å². The number of terminal acetylenes is 1. The number of hydrogen-bond acceptors (Lipinski definition) is 4. The zero-order valence-corrected chi connectivity index (χ0v) is 18.0. The van der Waals surface area contributed by atoms with Crippen LogP contribution in [0.1, 0.15) is 37.5 Å². The topological polar surface area (TPSA) is 73.1 Å². The van der Waals surface area contributed by atoms with Crippen molar-refractivity contribution in [3.63, 3.8) is 0 Å². The summed E-state index contributed by atoms with van der Waals surface area (Å²) in [6, 6.07) is 14.2. The fourth-order valence-electron chi connectivity index (χ4n) is 3.18. The van der Waals surface area contributed by atoms with Crippen LogP contribution >= 0.6 is 0 Å². The molecule has 1 aromatic heterocycles. The molecule has 160 valence electrons. The van der Waals surface area contributed by atoms with Crippen LogP contribution in [0.2, 0.25) is 0 Å². The molecule has 0 unspecified atom stereocenters. The van der Waals surface area contributed by atoms with Gasteiger partial charge in [-0.15, -0.1) is 6.42 Å². The van der Waals surface area contributed by atoms with Crippen LogP contribution in [0.15, 0.2) is 53.8 Å². The van der Waals surface area contributed by atoms with E-state index in [-0.39, 0.29) is 5.41 Å². The minimum atomic E-state index is -1.09. The highest BCUT2D eigenvalue weighted by Crippen LogP contribution is 2.27. The number of carboxylic acids is 1. The lowest BCUT2D eigenvalue weighted by Gasteiger charge is -2.19. The summed E-state index contributed by atoms with van der Waals surface area (Å²) in [5.41, 5.74) is 4.17. The fraction of sp³-hybridized carbons (Fsp3) is 0.280. The number of nitrogens with zero attached hydrogens (tertiary/aromatic N) is 2. The quantitative estimate of drug-likeness (QED) is 0.330. The molecule has 0 radical (unpaired) electrons. The van der Waals surface area contributed by atoms with Gasteiger partial charge in [-0.05, 0) is 34.7 Å². The van der Waals surface area contributed by atoms with Gasteiger partial charge in [0.1, 0.15) is 12.4 Å². The molecular weight excluding hydrogens is 392 g/mol. The summed E-state index contributed by atoms with van der Waals surface area (Å²) in [6.07, 6.45) is 8.81. The number of benzene rings is 2. The molecule has 3 aromatic rings. The van der Waals surface area contributed by atoms with E-state index < -0.39 is 12.6 Å². The van der Waals surface area contributed by atoms with Crippen LogP contribution in [-0.2, 0) is 28.2 Å². The zero-order valence-electron chi connectivity index (χ0n) is 18.0. The third kappa shape index (κ3) is 5.67. The van der Waals surface area contributed by atoms with Gasteiger partial charge in [0.05, 0.1) is 12.8 Å². The molecule has 0 atom stereocenters. The minimum Gasteiger partial charge on any atom is -0.489 e. The van der Waals surface area contributed by atoms with E-state index in [4.69, 9.17) is 21.1 Å². The van der Waals surface area contributed by atoms with Gasteiger partial charge < -0.3 is 19.2 Å². The van der Waals surface area contributed by atoms with Crippen molar-refractivity contribution in [1.82, 2.24) is 4.57 Å². The number of aliphatic carboxylic acids is 1. The SMILES string of the molecule is C#CCn1cc(/C=N/OCC(=O)O)c2cc(OCc3ccc(C(C)(C)C)cc3)ccc21. The molecule has 1 N–H and O–H groups in total.